The predicted molar refractivity (Wildman–Crippen MR) is 105 cm³/mol. The normalized spacial score (nSPS) is 11.6. The van der Waals surface area contributed by atoms with E-state index in [9.17, 15) is 14.7 Å². The van der Waals surface area contributed by atoms with Crippen molar-refractivity contribution >= 4 is 23.2 Å². The highest BCUT2D eigenvalue weighted by Crippen LogP contribution is 2.26. The lowest BCUT2D eigenvalue weighted by atomic mass is 10.1. The van der Waals surface area contributed by atoms with Crippen LogP contribution < -0.4 is 5.32 Å². The summed E-state index contributed by atoms with van der Waals surface area (Å²) in [5.41, 5.74) is 2.61. The van der Waals surface area contributed by atoms with Crippen molar-refractivity contribution in [3.8, 4) is 10.4 Å². The highest BCUT2D eigenvalue weighted by atomic mass is 32.1. The number of hydrogen-bond donors (Lipinski definition) is 2. The number of nitrogens with one attached hydrogen (secondary N) is 1. The molecule has 5 nitrogen and oxygen atoms in total. The summed E-state index contributed by atoms with van der Waals surface area (Å²) in [6, 6.07) is 17.8. The van der Waals surface area contributed by atoms with Crippen molar-refractivity contribution in [2.45, 2.75) is 6.10 Å². The average molecular weight is 381 g/mol. The number of carbonyl (C=O) groups is 2. The molecule has 0 bridgehead atoms. The molecule has 0 aliphatic heterocycles. The van der Waals surface area contributed by atoms with Gasteiger partial charge < -0.3 is 15.2 Å². The predicted octanol–water partition coefficient (Wildman–Crippen LogP) is 3.67. The molecule has 0 spiro atoms. The van der Waals surface area contributed by atoms with Gasteiger partial charge in [-0.3, -0.25) is 4.79 Å². The molecule has 1 heterocycles. The summed E-state index contributed by atoms with van der Waals surface area (Å²) in [5, 5.41) is 15.0. The van der Waals surface area contributed by atoms with Gasteiger partial charge in [-0.1, -0.05) is 30.3 Å². The molecule has 3 rings (SSSR count). The number of amides is 1. The van der Waals surface area contributed by atoms with Crippen LogP contribution in [-0.4, -0.2) is 30.6 Å². The number of hydrogen-bond acceptors (Lipinski definition) is 5. The first kappa shape index (κ1) is 18.8. The van der Waals surface area contributed by atoms with Crippen LogP contribution >= 0.6 is 11.3 Å². The minimum atomic E-state index is -0.805. The first-order valence-electron chi connectivity index (χ1n) is 8.37. The SMILES string of the molecule is COC(=O)c1ccc(C(=O)NCC(O)c2ccc(-c3cccs3)cc2)cc1. The molecule has 2 N–H and O–H groups in total. The van der Waals surface area contributed by atoms with Crippen molar-refractivity contribution in [1.82, 2.24) is 5.32 Å². The quantitative estimate of drug-likeness (QED) is 0.639. The van der Waals surface area contributed by atoms with E-state index >= 15 is 0 Å². The Bertz CT molecular complexity index is 902. The van der Waals surface area contributed by atoms with E-state index in [0.29, 0.717) is 11.1 Å². The van der Waals surface area contributed by atoms with E-state index in [-0.39, 0.29) is 12.5 Å². The van der Waals surface area contributed by atoms with Crippen LogP contribution in [0.1, 0.15) is 32.4 Å². The molecule has 1 amide bonds. The van der Waals surface area contributed by atoms with Gasteiger partial charge in [-0.2, -0.15) is 0 Å². The van der Waals surface area contributed by atoms with Crippen LogP contribution in [0.2, 0.25) is 0 Å². The second-order valence-electron chi connectivity index (χ2n) is 5.89. The molecular weight excluding hydrogens is 362 g/mol. The fourth-order valence-electron chi connectivity index (χ4n) is 2.60. The summed E-state index contributed by atoms with van der Waals surface area (Å²) >= 11 is 1.66. The lowest BCUT2D eigenvalue weighted by Gasteiger charge is -2.13. The number of aliphatic hydroxyl groups is 1. The van der Waals surface area contributed by atoms with Crippen LogP contribution in [0.3, 0.4) is 0 Å². The van der Waals surface area contributed by atoms with Gasteiger partial charge in [-0.15, -0.1) is 11.3 Å². The lowest BCUT2D eigenvalue weighted by Crippen LogP contribution is -2.28. The fraction of sp³-hybridized carbons (Fsp3) is 0.143. The minimum Gasteiger partial charge on any atom is -0.465 e. The molecular formula is C21H19NO4S. The molecule has 1 unspecified atom stereocenters. The Morgan fingerprint density at radius 3 is 2.30 bits per heavy atom. The number of rotatable bonds is 6. The van der Waals surface area contributed by atoms with Gasteiger partial charge in [0.05, 0.1) is 18.8 Å². The molecule has 0 radical (unpaired) electrons. The Hall–Kier alpha value is -2.96. The van der Waals surface area contributed by atoms with Gasteiger partial charge in [0.2, 0.25) is 0 Å². The van der Waals surface area contributed by atoms with Crippen LogP contribution in [0.15, 0.2) is 66.0 Å². The smallest absolute Gasteiger partial charge is 0.337 e. The van der Waals surface area contributed by atoms with E-state index in [1.54, 1.807) is 23.5 Å². The zero-order valence-corrected chi connectivity index (χ0v) is 15.5. The van der Waals surface area contributed by atoms with E-state index in [2.05, 4.69) is 10.1 Å². The summed E-state index contributed by atoms with van der Waals surface area (Å²) in [5.74, 6) is -0.774. The molecule has 138 valence electrons. The molecule has 0 aliphatic rings. The van der Waals surface area contributed by atoms with Crippen molar-refractivity contribution in [3.63, 3.8) is 0 Å². The van der Waals surface area contributed by atoms with Crippen molar-refractivity contribution < 1.29 is 19.4 Å². The number of ether oxygens (including phenoxy) is 1. The second kappa shape index (κ2) is 8.62. The number of esters is 1. The average Bonchev–Trinajstić information content (AvgIpc) is 3.26. The minimum absolute atomic E-state index is 0.0932. The van der Waals surface area contributed by atoms with E-state index < -0.39 is 12.1 Å². The molecule has 2 aromatic carbocycles. The molecule has 0 saturated heterocycles. The highest BCUT2D eigenvalue weighted by molar-refractivity contribution is 7.13. The van der Waals surface area contributed by atoms with E-state index in [4.69, 9.17) is 0 Å². The molecule has 0 saturated carbocycles. The third-order valence-electron chi connectivity index (χ3n) is 4.13. The Kier molecular flexibility index (Phi) is 6.01. The van der Waals surface area contributed by atoms with Crippen LogP contribution in [0, 0.1) is 0 Å². The third-order valence-corrected chi connectivity index (χ3v) is 5.04. The molecule has 1 aromatic heterocycles. The van der Waals surface area contributed by atoms with Crippen molar-refractivity contribution in [2.24, 2.45) is 0 Å². The Balaban J connectivity index is 1.57. The first-order valence-corrected chi connectivity index (χ1v) is 9.25. The largest absolute Gasteiger partial charge is 0.465 e. The Labute approximate surface area is 161 Å². The van der Waals surface area contributed by atoms with Crippen LogP contribution in [0.25, 0.3) is 10.4 Å². The van der Waals surface area contributed by atoms with Crippen molar-refractivity contribution in [2.75, 3.05) is 13.7 Å². The van der Waals surface area contributed by atoms with Crippen LogP contribution in [-0.2, 0) is 4.74 Å². The van der Waals surface area contributed by atoms with Gasteiger partial charge in [-0.25, -0.2) is 4.79 Å². The Morgan fingerprint density at radius 1 is 1.04 bits per heavy atom. The van der Waals surface area contributed by atoms with Gasteiger partial charge in [0.1, 0.15) is 0 Å². The fourth-order valence-corrected chi connectivity index (χ4v) is 3.33. The monoisotopic (exact) mass is 381 g/mol. The maximum absolute atomic E-state index is 12.2. The summed E-state index contributed by atoms with van der Waals surface area (Å²) in [4.78, 5) is 24.8. The zero-order valence-electron chi connectivity index (χ0n) is 14.7. The van der Waals surface area contributed by atoms with Gasteiger partial charge in [0.15, 0.2) is 0 Å². The maximum Gasteiger partial charge on any atom is 0.337 e. The summed E-state index contributed by atoms with van der Waals surface area (Å²) in [6.07, 6.45) is -0.805. The van der Waals surface area contributed by atoms with E-state index in [1.807, 2.05) is 41.8 Å². The van der Waals surface area contributed by atoms with Crippen LogP contribution in [0.5, 0.6) is 0 Å². The summed E-state index contributed by atoms with van der Waals surface area (Å²) in [7, 11) is 1.30. The van der Waals surface area contributed by atoms with Crippen molar-refractivity contribution in [3.05, 3.63) is 82.7 Å². The number of aliphatic hydroxyl groups excluding tert-OH is 1. The van der Waals surface area contributed by atoms with E-state index in [0.717, 1.165) is 11.1 Å². The molecule has 6 heteroatoms. The van der Waals surface area contributed by atoms with Gasteiger partial charge in [0, 0.05) is 17.0 Å². The third kappa shape index (κ3) is 4.61. The standard InChI is InChI=1S/C21H19NO4S/c1-26-21(25)17-10-8-16(9-11-17)20(24)22-13-18(23)14-4-6-15(7-5-14)19-3-2-12-27-19/h2-12,18,23H,13H2,1H3,(H,22,24). The van der Waals surface area contributed by atoms with Gasteiger partial charge >= 0.3 is 5.97 Å². The number of methoxy groups -OCH3 is 1. The zero-order chi connectivity index (χ0) is 19.2. The Morgan fingerprint density at radius 2 is 1.70 bits per heavy atom. The van der Waals surface area contributed by atoms with Gasteiger partial charge in [0.25, 0.3) is 5.91 Å². The molecule has 1 atom stereocenters. The summed E-state index contributed by atoms with van der Waals surface area (Å²) in [6.45, 7) is 0.0932. The lowest BCUT2D eigenvalue weighted by molar-refractivity contribution is 0.0600. The number of benzene rings is 2. The molecule has 3 aromatic rings. The molecule has 27 heavy (non-hydrogen) atoms. The second-order valence-corrected chi connectivity index (χ2v) is 6.84. The summed E-state index contributed by atoms with van der Waals surface area (Å²) < 4.78 is 4.62. The van der Waals surface area contributed by atoms with Crippen molar-refractivity contribution in [1.29, 1.82) is 0 Å². The maximum atomic E-state index is 12.2. The molecule has 0 fully saturated rings. The molecule has 0 aliphatic carbocycles. The topological polar surface area (TPSA) is 75.6 Å². The number of carbonyl (C=O) groups excluding carboxylic acids is 2. The number of thiophene rings is 1. The first-order chi connectivity index (χ1) is 13.1. The van der Waals surface area contributed by atoms with E-state index in [1.165, 1.54) is 24.1 Å². The van der Waals surface area contributed by atoms with Gasteiger partial charge in [-0.05, 0) is 46.8 Å². The highest BCUT2D eigenvalue weighted by Gasteiger charge is 2.12. The van der Waals surface area contributed by atoms with Crippen LogP contribution in [0.4, 0.5) is 0 Å².